The molecule has 156 valence electrons. The molecule has 29 heavy (non-hydrogen) atoms. The number of halogens is 2. The van der Waals surface area contributed by atoms with E-state index in [1.54, 1.807) is 24.5 Å². The molecule has 0 spiro atoms. The fourth-order valence-electron chi connectivity index (χ4n) is 2.60. The molecule has 0 radical (unpaired) electrons. The summed E-state index contributed by atoms with van der Waals surface area (Å²) >= 11 is 0. The third-order valence-corrected chi connectivity index (χ3v) is 4.03. The van der Waals surface area contributed by atoms with Crippen molar-refractivity contribution < 1.29 is 13.5 Å². The molecule has 2 heterocycles. The largest absolute Gasteiger partial charge is 0.494 e. The minimum atomic E-state index is -0.400. The van der Waals surface area contributed by atoms with E-state index in [4.69, 9.17) is 9.15 Å². The molecule has 0 saturated heterocycles. The Morgan fingerprint density at radius 1 is 1.38 bits per heavy atom. The zero-order chi connectivity index (χ0) is 19.9. The lowest BCUT2D eigenvalue weighted by Crippen LogP contribution is -2.38. The van der Waals surface area contributed by atoms with Crippen molar-refractivity contribution in [3.05, 3.63) is 53.8 Å². The van der Waals surface area contributed by atoms with Gasteiger partial charge in [0.1, 0.15) is 12.4 Å². The molecular formula is C19H24FIN6O2. The number of aromatic amines is 1. The van der Waals surface area contributed by atoms with Crippen LogP contribution in [0.25, 0.3) is 11.6 Å². The summed E-state index contributed by atoms with van der Waals surface area (Å²) in [6.45, 7) is 4.88. The van der Waals surface area contributed by atoms with Gasteiger partial charge in [0.25, 0.3) is 0 Å². The van der Waals surface area contributed by atoms with Crippen LogP contribution in [0.15, 0.2) is 46.0 Å². The summed E-state index contributed by atoms with van der Waals surface area (Å²) in [6, 6.07) is 8.28. The fourth-order valence-corrected chi connectivity index (χ4v) is 2.60. The van der Waals surface area contributed by atoms with Gasteiger partial charge >= 0.3 is 0 Å². The van der Waals surface area contributed by atoms with Crippen molar-refractivity contribution in [2.45, 2.75) is 26.4 Å². The van der Waals surface area contributed by atoms with E-state index < -0.39 is 5.82 Å². The Balaban J connectivity index is 0.00000300. The van der Waals surface area contributed by atoms with E-state index in [-0.39, 0.29) is 35.8 Å². The zero-order valence-corrected chi connectivity index (χ0v) is 18.7. The van der Waals surface area contributed by atoms with Crippen molar-refractivity contribution in [1.82, 2.24) is 25.8 Å². The van der Waals surface area contributed by atoms with Crippen molar-refractivity contribution in [1.29, 1.82) is 0 Å². The predicted molar refractivity (Wildman–Crippen MR) is 119 cm³/mol. The Labute approximate surface area is 185 Å². The van der Waals surface area contributed by atoms with Crippen LogP contribution in [-0.2, 0) is 6.54 Å². The molecule has 1 atom stereocenters. The van der Waals surface area contributed by atoms with Crippen LogP contribution in [0.4, 0.5) is 4.39 Å². The van der Waals surface area contributed by atoms with E-state index in [0.717, 1.165) is 5.56 Å². The molecule has 1 aromatic carbocycles. The summed E-state index contributed by atoms with van der Waals surface area (Å²) < 4.78 is 24.2. The lowest BCUT2D eigenvalue weighted by molar-refractivity contribution is 0.386. The topological polar surface area (TPSA) is 100 Å². The maximum atomic E-state index is 14.0. The van der Waals surface area contributed by atoms with E-state index in [9.17, 15) is 4.39 Å². The molecule has 10 heteroatoms. The maximum Gasteiger partial charge on any atom is 0.216 e. The summed E-state index contributed by atoms with van der Waals surface area (Å²) in [5.41, 5.74) is 0.781. The third kappa shape index (κ3) is 5.92. The highest BCUT2D eigenvalue weighted by atomic mass is 127. The van der Waals surface area contributed by atoms with Gasteiger partial charge in [-0.05, 0) is 43.7 Å². The van der Waals surface area contributed by atoms with Crippen LogP contribution in [0, 0.1) is 5.82 Å². The molecule has 3 aromatic rings. The first-order chi connectivity index (χ1) is 13.6. The van der Waals surface area contributed by atoms with E-state index in [2.05, 4.69) is 30.8 Å². The molecule has 1 unspecified atom stereocenters. The second-order valence-electron chi connectivity index (χ2n) is 6.04. The SMILES string of the molecule is CCNC(=NCc1nc(-c2ccco2)n[nH]1)NC(C)c1ccc(OC)c(F)c1.I. The molecule has 3 rings (SSSR count). The summed E-state index contributed by atoms with van der Waals surface area (Å²) in [5, 5.41) is 13.4. The average molecular weight is 514 g/mol. The molecule has 0 aliphatic rings. The summed E-state index contributed by atoms with van der Waals surface area (Å²) in [4.78, 5) is 8.88. The Morgan fingerprint density at radius 2 is 2.21 bits per heavy atom. The second-order valence-corrected chi connectivity index (χ2v) is 6.04. The van der Waals surface area contributed by atoms with Crippen molar-refractivity contribution in [2.75, 3.05) is 13.7 Å². The maximum absolute atomic E-state index is 14.0. The van der Waals surface area contributed by atoms with Crippen LogP contribution in [0.5, 0.6) is 5.75 Å². The highest BCUT2D eigenvalue weighted by Crippen LogP contribution is 2.21. The monoisotopic (exact) mass is 514 g/mol. The smallest absolute Gasteiger partial charge is 0.216 e. The fraction of sp³-hybridized carbons (Fsp3) is 0.316. The van der Waals surface area contributed by atoms with Gasteiger partial charge in [-0.1, -0.05) is 6.07 Å². The molecule has 0 saturated carbocycles. The van der Waals surface area contributed by atoms with Gasteiger partial charge in [0, 0.05) is 6.54 Å². The van der Waals surface area contributed by atoms with Crippen LogP contribution in [0.2, 0.25) is 0 Å². The minimum absolute atomic E-state index is 0. The van der Waals surface area contributed by atoms with E-state index >= 15 is 0 Å². The number of H-pyrrole nitrogens is 1. The summed E-state index contributed by atoms with van der Waals surface area (Å²) in [5.74, 6) is 2.08. The zero-order valence-electron chi connectivity index (χ0n) is 16.4. The molecule has 0 aliphatic carbocycles. The number of guanidine groups is 1. The Hall–Kier alpha value is -2.63. The van der Waals surface area contributed by atoms with Gasteiger partial charge in [-0.2, -0.15) is 0 Å². The lowest BCUT2D eigenvalue weighted by atomic mass is 10.1. The number of hydrogen-bond donors (Lipinski definition) is 3. The molecule has 8 nitrogen and oxygen atoms in total. The Morgan fingerprint density at radius 3 is 2.86 bits per heavy atom. The van der Waals surface area contributed by atoms with Crippen LogP contribution < -0.4 is 15.4 Å². The molecule has 0 amide bonds. The van der Waals surface area contributed by atoms with Crippen LogP contribution in [0.1, 0.15) is 31.3 Å². The van der Waals surface area contributed by atoms with Gasteiger partial charge in [-0.3, -0.25) is 5.10 Å². The van der Waals surface area contributed by atoms with Crippen molar-refractivity contribution >= 4 is 29.9 Å². The quantitative estimate of drug-likeness (QED) is 0.253. The summed E-state index contributed by atoms with van der Waals surface area (Å²) in [7, 11) is 1.44. The number of nitrogens with one attached hydrogen (secondary N) is 3. The second kappa shape index (κ2) is 10.8. The van der Waals surface area contributed by atoms with Crippen LogP contribution in [-0.4, -0.2) is 34.8 Å². The first kappa shape index (κ1) is 22.7. The van der Waals surface area contributed by atoms with Crippen LogP contribution in [0.3, 0.4) is 0 Å². The van der Waals surface area contributed by atoms with E-state index in [0.29, 0.717) is 36.5 Å². The Bertz CT molecular complexity index is 929. The number of ether oxygens (including phenoxy) is 1. The van der Waals surface area contributed by atoms with Gasteiger partial charge in [0.2, 0.25) is 5.82 Å². The molecule has 2 aromatic heterocycles. The highest BCUT2D eigenvalue weighted by Gasteiger charge is 2.12. The first-order valence-electron chi connectivity index (χ1n) is 8.94. The highest BCUT2D eigenvalue weighted by molar-refractivity contribution is 14.0. The summed E-state index contributed by atoms with van der Waals surface area (Å²) in [6.07, 6.45) is 1.57. The normalized spacial score (nSPS) is 12.2. The molecule has 3 N–H and O–H groups in total. The molecule has 0 fully saturated rings. The van der Waals surface area contributed by atoms with Gasteiger partial charge < -0.3 is 19.8 Å². The van der Waals surface area contributed by atoms with E-state index in [1.165, 1.54) is 13.2 Å². The number of hydrogen-bond acceptors (Lipinski definition) is 5. The van der Waals surface area contributed by atoms with Gasteiger partial charge in [-0.25, -0.2) is 14.4 Å². The first-order valence-corrected chi connectivity index (χ1v) is 8.94. The number of aliphatic imine (C=N–C) groups is 1. The van der Waals surface area contributed by atoms with Crippen molar-refractivity contribution in [3.8, 4) is 17.3 Å². The van der Waals surface area contributed by atoms with Crippen LogP contribution >= 0.6 is 24.0 Å². The van der Waals surface area contributed by atoms with E-state index in [1.807, 2.05) is 19.9 Å². The number of aromatic nitrogens is 3. The number of rotatable bonds is 7. The van der Waals surface area contributed by atoms with Crippen molar-refractivity contribution in [3.63, 3.8) is 0 Å². The minimum Gasteiger partial charge on any atom is -0.494 e. The third-order valence-electron chi connectivity index (χ3n) is 4.03. The molecule has 0 aliphatic heterocycles. The van der Waals surface area contributed by atoms with Gasteiger partial charge in [-0.15, -0.1) is 29.1 Å². The molecular weight excluding hydrogens is 490 g/mol. The lowest BCUT2D eigenvalue weighted by Gasteiger charge is -2.18. The standard InChI is InChI=1S/C19H23FN6O2.HI/c1-4-21-19(23-12(2)13-7-8-15(27-3)14(20)10-13)22-11-17-24-18(26-25-17)16-6-5-9-28-16;/h5-10,12H,4,11H2,1-3H3,(H2,21,22,23)(H,24,25,26);1H. The van der Waals surface area contributed by atoms with Crippen molar-refractivity contribution in [2.24, 2.45) is 4.99 Å². The van der Waals surface area contributed by atoms with Gasteiger partial charge in [0.15, 0.2) is 23.3 Å². The number of benzene rings is 1. The molecule has 0 bridgehead atoms. The average Bonchev–Trinajstić information content (AvgIpc) is 3.37. The number of methoxy groups -OCH3 is 1. The Kier molecular flexibility index (Phi) is 8.43. The van der Waals surface area contributed by atoms with Gasteiger partial charge in [0.05, 0.1) is 19.4 Å². The number of furan rings is 1. The predicted octanol–water partition coefficient (Wildman–Crippen LogP) is 3.65. The number of nitrogens with zero attached hydrogens (tertiary/aromatic N) is 3.